The summed E-state index contributed by atoms with van der Waals surface area (Å²) in [6.45, 7) is 9.51. The molecule has 3 unspecified atom stereocenters. The number of benzene rings is 1. The number of hydrogen-bond acceptors (Lipinski definition) is 5. The van der Waals surface area contributed by atoms with Crippen LogP contribution in [-0.2, 0) is 11.2 Å². The smallest absolute Gasteiger partial charge is 0.161 e. The van der Waals surface area contributed by atoms with Gasteiger partial charge in [-0.1, -0.05) is 31.7 Å². The van der Waals surface area contributed by atoms with Gasteiger partial charge >= 0.3 is 0 Å². The summed E-state index contributed by atoms with van der Waals surface area (Å²) in [5.74, 6) is 1.59. The summed E-state index contributed by atoms with van der Waals surface area (Å²) in [7, 11) is 0. The fourth-order valence-corrected chi connectivity index (χ4v) is 3.78. The van der Waals surface area contributed by atoms with Crippen LogP contribution in [0.25, 0.3) is 0 Å². The van der Waals surface area contributed by atoms with E-state index < -0.39 is 6.10 Å². The van der Waals surface area contributed by atoms with Crippen LogP contribution in [0.4, 0.5) is 0 Å². The highest BCUT2D eigenvalue weighted by atomic mass is 16.6. The Labute approximate surface area is 173 Å². The molecule has 5 heteroatoms. The Morgan fingerprint density at radius 2 is 1.93 bits per heavy atom. The second kappa shape index (κ2) is 10.1. The van der Waals surface area contributed by atoms with Crippen molar-refractivity contribution in [2.75, 3.05) is 19.8 Å². The van der Waals surface area contributed by atoms with E-state index in [4.69, 9.17) is 14.2 Å². The maximum atomic E-state index is 10.0. The van der Waals surface area contributed by atoms with Gasteiger partial charge in [0.1, 0.15) is 13.2 Å². The van der Waals surface area contributed by atoms with Gasteiger partial charge in [0.15, 0.2) is 11.5 Å². The molecule has 158 valence electrons. The average molecular weight is 401 g/mol. The topological polar surface area (TPSA) is 68.2 Å². The molecule has 0 amide bonds. The molecule has 2 aliphatic rings. The predicted octanol–water partition coefficient (Wildman–Crippen LogP) is 3.74. The number of aliphatic hydroxyl groups is 2. The van der Waals surface area contributed by atoms with Gasteiger partial charge in [0, 0.05) is 12.8 Å². The molecule has 2 aliphatic heterocycles. The second-order valence-electron chi connectivity index (χ2n) is 7.77. The number of rotatable bonds is 7. The Kier molecular flexibility index (Phi) is 7.53. The van der Waals surface area contributed by atoms with Gasteiger partial charge in [0.05, 0.1) is 24.9 Å². The van der Waals surface area contributed by atoms with Gasteiger partial charge in [-0.3, -0.25) is 0 Å². The third-order valence-corrected chi connectivity index (χ3v) is 5.50. The predicted molar refractivity (Wildman–Crippen MR) is 113 cm³/mol. The van der Waals surface area contributed by atoms with Crippen molar-refractivity contribution in [3.8, 4) is 11.5 Å². The number of aliphatic hydroxyl groups excluding tert-OH is 2. The zero-order chi connectivity index (χ0) is 20.8. The minimum atomic E-state index is -0.436. The van der Waals surface area contributed by atoms with Crippen LogP contribution in [0.5, 0.6) is 11.5 Å². The van der Waals surface area contributed by atoms with Crippen LogP contribution < -0.4 is 9.47 Å². The van der Waals surface area contributed by atoms with Crippen molar-refractivity contribution in [1.82, 2.24) is 0 Å². The number of fused-ring (bicyclic) bond motifs is 1. The van der Waals surface area contributed by atoms with Gasteiger partial charge in [-0.25, -0.2) is 0 Å². The quantitative estimate of drug-likeness (QED) is 0.683. The summed E-state index contributed by atoms with van der Waals surface area (Å²) in [6.07, 6.45) is 5.90. The molecule has 29 heavy (non-hydrogen) atoms. The molecule has 0 aromatic heterocycles. The normalized spacial score (nSPS) is 25.0. The summed E-state index contributed by atoms with van der Waals surface area (Å²) < 4.78 is 17.1. The van der Waals surface area contributed by atoms with Gasteiger partial charge in [0.2, 0.25) is 0 Å². The lowest BCUT2D eigenvalue weighted by Crippen LogP contribution is -2.38. The summed E-state index contributed by atoms with van der Waals surface area (Å²) in [6, 6.07) is 6.04. The molecule has 1 aromatic carbocycles. The first-order chi connectivity index (χ1) is 14.0. The van der Waals surface area contributed by atoms with E-state index >= 15 is 0 Å². The van der Waals surface area contributed by atoms with Gasteiger partial charge in [-0.15, -0.1) is 0 Å². The van der Waals surface area contributed by atoms with E-state index in [1.807, 2.05) is 25.1 Å². The molecule has 0 radical (unpaired) electrons. The van der Waals surface area contributed by atoms with Gasteiger partial charge in [0.25, 0.3) is 0 Å². The molecular formula is C24H32O5. The molecule has 1 saturated heterocycles. The minimum absolute atomic E-state index is 0.0662. The standard InChI is InChI=1S/C24H32O5/c1-4-19(7-5-16(2)23-14-20(26)13-21(15-25)29-23)17(3)11-18-6-8-22-24(12-18)28-10-9-27-22/h5-8,12,20-21,23,25-26H,3-4,9-11,13-15H2,1-2H3/b16-5+,19-7-. The van der Waals surface area contributed by atoms with Crippen LogP contribution in [0, 0.1) is 0 Å². The lowest BCUT2D eigenvalue weighted by Gasteiger charge is -2.32. The van der Waals surface area contributed by atoms with E-state index in [1.54, 1.807) is 0 Å². The van der Waals surface area contributed by atoms with E-state index in [1.165, 1.54) is 5.57 Å². The Morgan fingerprint density at radius 3 is 2.66 bits per heavy atom. The van der Waals surface area contributed by atoms with E-state index in [0.29, 0.717) is 26.1 Å². The maximum absolute atomic E-state index is 10.0. The molecule has 1 fully saturated rings. The molecule has 2 heterocycles. The van der Waals surface area contributed by atoms with Crippen LogP contribution in [0.2, 0.25) is 0 Å². The molecule has 3 atom stereocenters. The summed E-state index contributed by atoms with van der Waals surface area (Å²) in [5, 5.41) is 19.4. The fourth-order valence-electron chi connectivity index (χ4n) is 3.78. The van der Waals surface area contributed by atoms with Crippen molar-refractivity contribution in [1.29, 1.82) is 0 Å². The lowest BCUT2D eigenvalue weighted by molar-refractivity contribution is -0.0974. The Morgan fingerprint density at radius 1 is 1.17 bits per heavy atom. The van der Waals surface area contributed by atoms with Crippen molar-refractivity contribution >= 4 is 0 Å². The molecule has 3 rings (SSSR count). The second-order valence-corrected chi connectivity index (χ2v) is 7.77. The van der Waals surface area contributed by atoms with Crippen LogP contribution in [0.3, 0.4) is 0 Å². The molecular weight excluding hydrogens is 368 g/mol. The first-order valence-corrected chi connectivity index (χ1v) is 10.4. The number of hydrogen-bond donors (Lipinski definition) is 2. The molecule has 0 aliphatic carbocycles. The van der Waals surface area contributed by atoms with Gasteiger partial charge in [-0.05, 0) is 54.2 Å². The Bertz CT molecular complexity index is 779. The molecule has 0 bridgehead atoms. The van der Waals surface area contributed by atoms with Crippen LogP contribution in [-0.4, -0.2) is 48.3 Å². The van der Waals surface area contributed by atoms with E-state index in [2.05, 4.69) is 25.6 Å². The van der Waals surface area contributed by atoms with Crippen molar-refractivity contribution < 1.29 is 24.4 Å². The van der Waals surface area contributed by atoms with Crippen molar-refractivity contribution in [3.05, 3.63) is 59.2 Å². The SMILES string of the molecule is C=C(Cc1ccc2c(c1)OCCO2)/C(=C\C=C(/C)C1CC(O)CC(CO)O1)CC. The molecule has 5 nitrogen and oxygen atoms in total. The van der Waals surface area contributed by atoms with E-state index in [9.17, 15) is 10.2 Å². The molecule has 2 N–H and O–H groups in total. The van der Waals surface area contributed by atoms with Crippen LogP contribution >= 0.6 is 0 Å². The highest BCUT2D eigenvalue weighted by molar-refractivity contribution is 5.46. The van der Waals surface area contributed by atoms with Gasteiger partial charge in [-0.2, -0.15) is 0 Å². The monoisotopic (exact) mass is 400 g/mol. The first kappa shape index (κ1) is 21.6. The number of ether oxygens (including phenoxy) is 3. The number of allylic oxidation sites excluding steroid dienone is 4. The molecule has 0 saturated carbocycles. The summed E-state index contributed by atoms with van der Waals surface area (Å²) in [5.41, 5.74) is 4.42. The van der Waals surface area contributed by atoms with Gasteiger partial charge < -0.3 is 24.4 Å². The minimum Gasteiger partial charge on any atom is -0.486 e. The van der Waals surface area contributed by atoms with Crippen LogP contribution in [0.1, 0.15) is 38.7 Å². The zero-order valence-corrected chi connectivity index (χ0v) is 17.4. The van der Waals surface area contributed by atoms with Crippen molar-refractivity contribution in [2.24, 2.45) is 0 Å². The van der Waals surface area contributed by atoms with Crippen molar-refractivity contribution in [2.45, 2.75) is 57.8 Å². The highest BCUT2D eigenvalue weighted by Gasteiger charge is 2.28. The zero-order valence-electron chi connectivity index (χ0n) is 17.4. The summed E-state index contributed by atoms with van der Waals surface area (Å²) in [4.78, 5) is 0. The lowest BCUT2D eigenvalue weighted by atomic mass is 9.94. The van der Waals surface area contributed by atoms with E-state index in [0.717, 1.165) is 41.1 Å². The largest absolute Gasteiger partial charge is 0.486 e. The maximum Gasteiger partial charge on any atom is 0.161 e. The van der Waals surface area contributed by atoms with Crippen LogP contribution in [0.15, 0.2) is 53.6 Å². The summed E-state index contributed by atoms with van der Waals surface area (Å²) >= 11 is 0. The molecule has 0 spiro atoms. The fraction of sp³-hybridized carbons (Fsp3) is 0.500. The third kappa shape index (κ3) is 5.72. The highest BCUT2D eigenvalue weighted by Crippen LogP contribution is 2.32. The third-order valence-electron chi connectivity index (χ3n) is 5.50. The average Bonchev–Trinajstić information content (AvgIpc) is 2.73. The Hall–Kier alpha value is -2.08. The molecule has 1 aromatic rings. The Balaban J connectivity index is 1.67. The van der Waals surface area contributed by atoms with Crippen molar-refractivity contribution in [3.63, 3.8) is 0 Å². The van der Waals surface area contributed by atoms with E-state index in [-0.39, 0.29) is 18.8 Å². The first-order valence-electron chi connectivity index (χ1n) is 10.4.